The van der Waals surface area contributed by atoms with Crippen molar-refractivity contribution in [1.82, 2.24) is 15.5 Å². The molecule has 2 atom stereocenters. The highest BCUT2D eigenvalue weighted by molar-refractivity contribution is 4.92. The van der Waals surface area contributed by atoms with Gasteiger partial charge in [0.25, 0.3) is 0 Å². The van der Waals surface area contributed by atoms with Crippen LogP contribution in [-0.2, 0) is 17.6 Å². The topological polar surface area (TPSA) is 60.2 Å². The quantitative estimate of drug-likeness (QED) is 0.759. The zero-order chi connectivity index (χ0) is 15.1. The van der Waals surface area contributed by atoms with Crippen LogP contribution in [0.25, 0.3) is 0 Å². The van der Waals surface area contributed by atoms with Crippen LogP contribution in [0.1, 0.15) is 51.7 Å². The molecule has 0 spiro atoms. The van der Waals surface area contributed by atoms with Gasteiger partial charge in [0.05, 0.1) is 0 Å². The molecule has 0 radical (unpaired) electrons. The maximum atomic E-state index is 5.43. The average molecular weight is 295 g/mol. The monoisotopic (exact) mass is 295 g/mol. The van der Waals surface area contributed by atoms with Gasteiger partial charge in [-0.05, 0) is 37.6 Å². The van der Waals surface area contributed by atoms with Crippen LogP contribution in [-0.4, -0.2) is 35.9 Å². The third kappa shape index (κ3) is 5.75. The summed E-state index contributed by atoms with van der Waals surface area (Å²) in [5.74, 6) is 2.81. The van der Waals surface area contributed by atoms with Gasteiger partial charge in [-0.3, -0.25) is 0 Å². The Hall–Kier alpha value is -0.940. The molecule has 2 rings (SSSR count). The molecule has 1 aliphatic heterocycles. The lowest BCUT2D eigenvalue weighted by Gasteiger charge is -2.18. The lowest BCUT2D eigenvalue weighted by Crippen LogP contribution is -2.33. The van der Waals surface area contributed by atoms with Crippen molar-refractivity contribution in [3.8, 4) is 0 Å². The largest absolute Gasteiger partial charge is 0.381 e. The third-order valence-corrected chi connectivity index (χ3v) is 3.87. The van der Waals surface area contributed by atoms with Gasteiger partial charge in [0, 0.05) is 32.1 Å². The summed E-state index contributed by atoms with van der Waals surface area (Å²) in [5.41, 5.74) is 0. The number of nitrogens with zero attached hydrogens (tertiary/aromatic N) is 2. The lowest BCUT2D eigenvalue weighted by atomic mass is 10.0. The molecule has 1 aromatic heterocycles. The molecule has 0 aromatic carbocycles. The van der Waals surface area contributed by atoms with Gasteiger partial charge in [0.15, 0.2) is 5.82 Å². The van der Waals surface area contributed by atoms with Crippen molar-refractivity contribution in [1.29, 1.82) is 0 Å². The molecule has 5 heteroatoms. The van der Waals surface area contributed by atoms with Crippen molar-refractivity contribution in [2.45, 2.75) is 58.9 Å². The second-order valence-electron chi connectivity index (χ2n) is 6.52. The number of hydrogen-bond acceptors (Lipinski definition) is 5. The SMILES string of the molecule is CCCNC(Cc1nc(CC2CCOC2)no1)CC(C)C. The molecule has 1 aromatic rings. The first-order chi connectivity index (χ1) is 10.2. The summed E-state index contributed by atoms with van der Waals surface area (Å²) in [4.78, 5) is 4.56. The van der Waals surface area contributed by atoms with E-state index in [0.717, 1.165) is 63.6 Å². The molecule has 0 aliphatic carbocycles. The molecule has 1 fully saturated rings. The van der Waals surface area contributed by atoms with Crippen LogP contribution in [0.4, 0.5) is 0 Å². The van der Waals surface area contributed by atoms with Crippen LogP contribution in [0.2, 0.25) is 0 Å². The summed E-state index contributed by atoms with van der Waals surface area (Å²) < 4.78 is 10.8. The first kappa shape index (κ1) is 16.4. The summed E-state index contributed by atoms with van der Waals surface area (Å²) in [6.07, 6.45) is 5.09. The van der Waals surface area contributed by atoms with Gasteiger partial charge in [0.2, 0.25) is 5.89 Å². The van der Waals surface area contributed by atoms with Crippen molar-refractivity contribution in [2.75, 3.05) is 19.8 Å². The fourth-order valence-electron chi connectivity index (χ4n) is 2.83. The van der Waals surface area contributed by atoms with Crippen molar-refractivity contribution in [3.05, 3.63) is 11.7 Å². The van der Waals surface area contributed by atoms with E-state index in [-0.39, 0.29) is 0 Å². The van der Waals surface area contributed by atoms with Gasteiger partial charge >= 0.3 is 0 Å². The first-order valence-corrected chi connectivity index (χ1v) is 8.30. The molecule has 0 amide bonds. The van der Waals surface area contributed by atoms with E-state index < -0.39 is 0 Å². The minimum absolute atomic E-state index is 0.424. The van der Waals surface area contributed by atoms with Gasteiger partial charge < -0.3 is 14.6 Å². The van der Waals surface area contributed by atoms with Crippen LogP contribution in [0, 0.1) is 11.8 Å². The number of hydrogen-bond donors (Lipinski definition) is 1. The summed E-state index contributed by atoms with van der Waals surface area (Å²) in [7, 11) is 0. The second kappa shape index (κ2) is 8.49. The molecule has 120 valence electrons. The van der Waals surface area contributed by atoms with Gasteiger partial charge in [-0.15, -0.1) is 0 Å². The van der Waals surface area contributed by atoms with Crippen LogP contribution in [0.15, 0.2) is 4.52 Å². The van der Waals surface area contributed by atoms with E-state index in [1.54, 1.807) is 0 Å². The molecule has 0 bridgehead atoms. The average Bonchev–Trinajstić information content (AvgIpc) is 3.08. The Bertz CT molecular complexity index is 400. The highest BCUT2D eigenvalue weighted by atomic mass is 16.5. The molecule has 5 nitrogen and oxygen atoms in total. The summed E-state index contributed by atoms with van der Waals surface area (Å²) in [6, 6.07) is 0.424. The molecule has 1 N–H and O–H groups in total. The number of nitrogens with one attached hydrogen (secondary N) is 1. The minimum Gasteiger partial charge on any atom is -0.381 e. The summed E-state index contributed by atoms with van der Waals surface area (Å²) >= 11 is 0. The Morgan fingerprint density at radius 1 is 1.38 bits per heavy atom. The first-order valence-electron chi connectivity index (χ1n) is 8.30. The fraction of sp³-hybridized carbons (Fsp3) is 0.875. The third-order valence-electron chi connectivity index (χ3n) is 3.87. The van der Waals surface area contributed by atoms with Crippen molar-refractivity contribution >= 4 is 0 Å². The Morgan fingerprint density at radius 3 is 2.90 bits per heavy atom. The van der Waals surface area contributed by atoms with Crippen molar-refractivity contribution < 1.29 is 9.26 Å². The van der Waals surface area contributed by atoms with Crippen LogP contribution in [0.5, 0.6) is 0 Å². The van der Waals surface area contributed by atoms with E-state index in [9.17, 15) is 0 Å². The van der Waals surface area contributed by atoms with E-state index in [2.05, 4.69) is 36.2 Å². The maximum Gasteiger partial charge on any atom is 0.228 e. The standard InChI is InChI=1S/C16H29N3O2/c1-4-6-17-14(8-12(2)3)10-16-18-15(19-21-16)9-13-5-7-20-11-13/h12-14,17H,4-11H2,1-3H3. The molecule has 21 heavy (non-hydrogen) atoms. The zero-order valence-electron chi connectivity index (χ0n) is 13.6. The molecular formula is C16H29N3O2. The smallest absolute Gasteiger partial charge is 0.228 e. The zero-order valence-corrected chi connectivity index (χ0v) is 13.6. The number of aromatic nitrogens is 2. The molecule has 1 saturated heterocycles. The molecule has 2 heterocycles. The van der Waals surface area contributed by atoms with Crippen molar-refractivity contribution in [2.24, 2.45) is 11.8 Å². The lowest BCUT2D eigenvalue weighted by molar-refractivity contribution is 0.185. The van der Waals surface area contributed by atoms with Crippen LogP contribution < -0.4 is 5.32 Å². The Morgan fingerprint density at radius 2 is 2.24 bits per heavy atom. The Labute approximate surface area is 127 Å². The van der Waals surface area contributed by atoms with E-state index >= 15 is 0 Å². The van der Waals surface area contributed by atoms with E-state index in [0.29, 0.717) is 17.9 Å². The van der Waals surface area contributed by atoms with Gasteiger partial charge in [-0.2, -0.15) is 4.98 Å². The number of rotatable bonds is 9. The fourth-order valence-corrected chi connectivity index (χ4v) is 2.83. The van der Waals surface area contributed by atoms with E-state index in [1.807, 2.05) is 0 Å². The molecule has 0 saturated carbocycles. The van der Waals surface area contributed by atoms with Gasteiger partial charge in [0.1, 0.15) is 0 Å². The van der Waals surface area contributed by atoms with E-state index in [1.165, 1.54) is 0 Å². The maximum absolute atomic E-state index is 5.43. The predicted molar refractivity (Wildman–Crippen MR) is 82.2 cm³/mol. The van der Waals surface area contributed by atoms with E-state index in [4.69, 9.17) is 9.26 Å². The van der Waals surface area contributed by atoms with Crippen LogP contribution >= 0.6 is 0 Å². The molecule has 2 unspecified atom stereocenters. The second-order valence-corrected chi connectivity index (χ2v) is 6.52. The van der Waals surface area contributed by atoms with Crippen molar-refractivity contribution in [3.63, 3.8) is 0 Å². The van der Waals surface area contributed by atoms with Crippen LogP contribution in [0.3, 0.4) is 0 Å². The summed E-state index contributed by atoms with van der Waals surface area (Å²) in [6.45, 7) is 9.43. The minimum atomic E-state index is 0.424. The Kier molecular flexibility index (Phi) is 6.64. The summed E-state index contributed by atoms with van der Waals surface area (Å²) in [5, 5.41) is 7.71. The number of ether oxygens (including phenoxy) is 1. The molecule has 1 aliphatic rings. The normalized spacial score (nSPS) is 20.3. The highest BCUT2D eigenvalue weighted by Gasteiger charge is 2.20. The highest BCUT2D eigenvalue weighted by Crippen LogP contribution is 2.17. The van der Waals surface area contributed by atoms with Gasteiger partial charge in [-0.1, -0.05) is 25.9 Å². The Balaban J connectivity index is 1.85. The predicted octanol–water partition coefficient (Wildman–Crippen LogP) is 2.61. The molecular weight excluding hydrogens is 266 g/mol. The van der Waals surface area contributed by atoms with Gasteiger partial charge in [-0.25, -0.2) is 0 Å².